The van der Waals surface area contributed by atoms with Crippen LogP contribution < -0.4 is 5.32 Å². The van der Waals surface area contributed by atoms with E-state index in [4.69, 9.17) is 9.97 Å². The maximum atomic E-state index is 4.83. The standard InChI is InChI=1S/C24H25N5/c1-29(2)20(15-18-9-4-3-5-10-18)17-26-24-21-12-6-7-13-22(21)27-23(28-24)19-11-8-14-25-16-19/h3-14,16,20H,15,17H2,1-2H3,(H,26,27,28). The van der Waals surface area contributed by atoms with E-state index in [1.54, 1.807) is 12.4 Å². The van der Waals surface area contributed by atoms with Gasteiger partial charge in [0.1, 0.15) is 5.82 Å². The summed E-state index contributed by atoms with van der Waals surface area (Å²) < 4.78 is 0. The Hall–Kier alpha value is -3.31. The van der Waals surface area contributed by atoms with Crippen molar-refractivity contribution in [2.45, 2.75) is 12.5 Å². The lowest BCUT2D eigenvalue weighted by Crippen LogP contribution is -2.36. The van der Waals surface area contributed by atoms with Crippen molar-refractivity contribution in [1.82, 2.24) is 19.9 Å². The molecule has 29 heavy (non-hydrogen) atoms. The van der Waals surface area contributed by atoms with E-state index < -0.39 is 0 Å². The summed E-state index contributed by atoms with van der Waals surface area (Å²) in [7, 11) is 4.24. The van der Waals surface area contributed by atoms with Crippen molar-refractivity contribution >= 4 is 16.7 Å². The molecule has 4 aromatic rings. The molecule has 0 aliphatic rings. The number of para-hydroxylation sites is 1. The van der Waals surface area contributed by atoms with Gasteiger partial charge in [-0.3, -0.25) is 4.98 Å². The van der Waals surface area contributed by atoms with Crippen LogP contribution in [0.25, 0.3) is 22.3 Å². The lowest BCUT2D eigenvalue weighted by Gasteiger charge is -2.25. The van der Waals surface area contributed by atoms with E-state index in [0.717, 1.165) is 35.2 Å². The third kappa shape index (κ3) is 4.58. The topological polar surface area (TPSA) is 53.9 Å². The van der Waals surface area contributed by atoms with Crippen molar-refractivity contribution in [3.05, 3.63) is 84.7 Å². The van der Waals surface area contributed by atoms with Gasteiger partial charge in [0, 0.05) is 35.9 Å². The van der Waals surface area contributed by atoms with Gasteiger partial charge in [-0.2, -0.15) is 0 Å². The van der Waals surface area contributed by atoms with Crippen molar-refractivity contribution in [1.29, 1.82) is 0 Å². The van der Waals surface area contributed by atoms with Gasteiger partial charge in [-0.25, -0.2) is 9.97 Å². The molecule has 0 bridgehead atoms. The number of hydrogen-bond donors (Lipinski definition) is 1. The second kappa shape index (κ2) is 8.80. The zero-order chi connectivity index (χ0) is 20.1. The van der Waals surface area contributed by atoms with Gasteiger partial charge in [0.25, 0.3) is 0 Å². The third-order valence-corrected chi connectivity index (χ3v) is 5.07. The molecule has 2 aromatic carbocycles. The maximum absolute atomic E-state index is 4.83. The zero-order valence-electron chi connectivity index (χ0n) is 16.8. The lowest BCUT2D eigenvalue weighted by atomic mass is 10.1. The highest BCUT2D eigenvalue weighted by molar-refractivity contribution is 5.90. The van der Waals surface area contributed by atoms with Crippen molar-refractivity contribution in [3.8, 4) is 11.4 Å². The summed E-state index contributed by atoms with van der Waals surface area (Å²) in [5, 5.41) is 4.61. The van der Waals surface area contributed by atoms with Gasteiger partial charge in [-0.1, -0.05) is 42.5 Å². The molecule has 146 valence electrons. The monoisotopic (exact) mass is 383 g/mol. The molecule has 2 heterocycles. The van der Waals surface area contributed by atoms with E-state index in [0.29, 0.717) is 11.9 Å². The number of aromatic nitrogens is 3. The third-order valence-electron chi connectivity index (χ3n) is 5.07. The first-order chi connectivity index (χ1) is 14.2. The number of nitrogens with zero attached hydrogens (tertiary/aromatic N) is 4. The minimum atomic E-state index is 0.341. The largest absolute Gasteiger partial charge is 0.368 e. The molecule has 0 aliphatic heterocycles. The number of benzene rings is 2. The highest BCUT2D eigenvalue weighted by Crippen LogP contribution is 2.24. The molecule has 0 saturated carbocycles. The van der Waals surface area contributed by atoms with Gasteiger partial charge in [-0.05, 0) is 50.3 Å². The molecule has 0 saturated heterocycles. The normalized spacial score (nSPS) is 12.2. The van der Waals surface area contributed by atoms with Crippen molar-refractivity contribution in [2.75, 3.05) is 26.0 Å². The van der Waals surface area contributed by atoms with Crippen LogP contribution in [-0.2, 0) is 6.42 Å². The van der Waals surface area contributed by atoms with Crippen LogP contribution in [0.3, 0.4) is 0 Å². The van der Waals surface area contributed by atoms with E-state index in [2.05, 4.69) is 65.7 Å². The van der Waals surface area contributed by atoms with Gasteiger partial charge in [0.15, 0.2) is 5.82 Å². The summed E-state index contributed by atoms with van der Waals surface area (Å²) in [5.74, 6) is 1.54. The fourth-order valence-corrected chi connectivity index (χ4v) is 3.37. The van der Waals surface area contributed by atoms with Crippen LogP contribution in [0.2, 0.25) is 0 Å². The molecule has 0 fully saturated rings. The molecule has 1 unspecified atom stereocenters. The highest BCUT2D eigenvalue weighted by atomic mass is 15.1. The van der Waals surface area contributed by atoms with Crippen molar-refractivity contribution < 1.29 is 0 Å². The molecule has 0 amide bonds. The predicted octanol–water partition coefficient (Wildman–Crippen LogP) is 4.28. The number of nitrogens with one attached hydrogen (secondary N) is 1. The van der Waals surface area contributed by atoms with Crippen LogP contribution in [0.1, 0.15) is 5.56 Å². The van der Waals surface area contributed by atoms with Crippen LogP contribution in [0.5, 0.6) is 0 Å². The number of pyridine rings is 1. The lowest BCUT2D eigenvalue weighted by molar-refractivity contribution is 0.303. The van der Waals surface area contributed by atoms with Gasteiger partial charge in [0.2, 0.25) is 0 Å². The summed E-state index contributed by atoms with van der Waals surface area (Å²) in [5.41, 5.74) is 3.17. The predicted molar refractivity (Wildman–Crippen MR) is 119 cm³/mol. The van der Waals surface area contributed by atoms with E-state index in [-0.39, 0.29) is 0 Å². The van der Waals surface area contributed by atoms with Crippen LogP contribution in [-0.4, -0.2) is 46.5 Å². The second-order valence-corrected chi connectivity index (χ2v) is 7.34. The van der Waals surface area contributed by atoms with Gasteiger partial charge >= 0.3 is 0 Å². The molecule has 0 spiro atoms. The van der Waals surface area contributed by atoms with Crippen molar-refractivity contribution in [3.63, 3.8) is 0 Å². The Morgan fingerprint density at radius 2 is 1.69 bits per heavy atom. The SMILES string of the molecule is CN(C)C(CNc1nc(-c2cccnc2)nc2ccccc12)Cc1ccccc1. The number of hydrogen-bond acceptors (Lipinski definition) is 5. The van der Waals surface area contributed by atoms with Crippen LogP contribution in [0.15, 0.2) is 79.1 Å². The van der Waals surface area contributed by atoms with Crippen LogP contribution >= 0.6 is 0 Å². The Balaban J connectivity index is 1.62. The first-order valence-corrected chi connectivity index (χ1v) is 9.82. The quantitative estimate of drug-likeness (QED) is 0.516. The first-order valence-electron chi connectivity index (χ1n) is 9.82. The number of anilines is 1. The van der Waals surface area contributed by atoms with Crippen LogP contribution in [0, 0.1) is 0 Å². The zero-order valence-corrected chi connectivity index (χ0v) is 16.8. The Kier molecular flexibility index (Phi) is 5.77. The van der Waals surface area contributed by atoms with E-state index in [1.165, 1.54) is 5.56 Å². The summed E-state index contributed by atoms with van der Waals surface area (Å²) in [6, 6.07) is 22.9. The van der Waals surface area contributed by atoms with Crippen molar-refractivity contribution in [2.24, 2.45) is 0 Å². The minimum absolute atomic E-state index is 0.341. The molecule has 4 rings (SSSR count). The van der Waals surface area contributed by atoms with Gasteiger partial charge in [0.05, 0.1) is 5.52 Å². The summed E-state index contributed by atoms with van der Waals surface area (Å²) in [4.78, 5) is 16.0. The maximum Gasteiger partial charge on any atom is 0.163 e. The number of rotatable bonds is 7. The minimum Gasteiger partial charge on any atom is -0.368 e. The number of fused-ring (bicyclic) bond motifs is 1. The molecule has 5 nitrogen and oxygen atoms in total. The van der Waals surface area contributed by atoms with Gasteiger partial charge < -0.3 is 10.2 Å². The molecule has 1 atom stereocenters. The summed E-state index contributed by atoms with van der Waals surface area (Å²) in [6.45, 7) is 0.787. The Morgan fingerprint density at radius 1 is 0.897 bits per heavy atom. The Bertz CT molecular complexity index is 1060. The second-order valence-electron chi connectivity index (χ2n) is 7.34. The molecule has 0 aliphatic carbocycles. The molecular weight excluding hydrogens is 358 g/mol. The van der Waals surface area contributed by atoms with Gasteiger partial charge in [-0.15, -0.1) is 0 Å². The Labute approximate surface area is 171 Å². The Morgan fingerprint density at radius 3 is 2.45 bits per heavy atom. The average molecular weight is 383 g/mol. The fraction of sp³-hybridized carbons (Fsp3) is 0.208. The summed E-state index contributed by atoms with van der Waals surface area (Å²) >= 11 is 0. The fourth-order valence-electron chi connectivity index (χ4n) is 3.37. The molecular formula is C24H25N5. The molecule has 2 aromatic heterocycles. The van der Waals surface area contributed by atoms with E-state index >= 15 is 0 Å². The first kappa shape index (κ1) is 19.0. The highest BCUT2D eigenvalue weighted by Gasteiger charge is 2.15. The molecule has 5 heteroatoms. The molecule has 0 radical (unpaired) electrons. The summed E-state index contributed by atoms with van der Waals surface area (Å²) in [6.07, 6.45) is 4.53. The smallest absolute Gasteiger partial charge is 0.163 e. The van der Waals surface area contributed by atoms with Crippen LogP contribution in [0.4, 0.5) is 5.82 Å². The molecule has 1 N–H and O–H groups in total. The average Bonchev–Trinajstić information content (AvgIpc) is 2.77. The van der Waals surface area contributed by atoms with E-state index in [1.807, 2.05) is 30.3 Å². The van der Waals surface area contributed by atoms with E-state index in [9.17, 15) is 0 Å². The number of likely N-dealkylation sites (N-methyl/N-ethyl adjacent to an activating group) is 1.